The molecule has 0 heterocycles. The molecule has 2 rings (SSSR count). The molecule has 2 aromatic carbocycles. The lowest BCUT2D eigenvalue weighted by molar-refractivity contribution is -0.127. The second-order valence-electron chi connectivity index (χ2n) is 6.46. The number of carbonyl (C=O) groups is 2. The maximum atomic E-state index is 12.5. The van der Waals surface area contributed by atoms with Gasteiger partial charge < -0.3 is 0 Å². The molecular weight excluding hydrogens is 410 g/mol. The van der Waals surface area contributed by atoms with Crippen molar-refractivity contribution in [2.24, 2.45) is 0 Å². The summed E-state index contributed by atoms with van der Waals surface area (Å²) in [5.74, 6) is 0.0133. The lowest BCUT2D eigenvalue weighted by Gasteiger charge is -2.17. The molecule has 0 bridgehead atoms. The molecule has 156 valence electrons. The minimum Gasteiger partial charge on any atom is -0.272 e. The van der Waals surface area contributed by atoms with E-state index in [9.17, 15) is 18.0 Å². The number of amides is 2. The first-order chi connectivity index (χ1) is 13.8. The van der Waals surface area contributed by atoms with E-state index in [1.165, 1.54) is 36.5 Å². The van der Waals surface area contributed by atoms with E-state index in [0.29, 0.717) is 0 Å². The number of thioether (sulfide) groups is 1. The van der Waals surface area contributed by atoms with Gasteiger partial charge in [0.2, 0.25) is 15.9 Å². The van der Waals surface area contributed by atoms with E-state index < -0.39 is 22.5 Å². The average molecular weight is 436 g/mol. The van der Waals surface area contributed by atoms with E-state index in [1.807, 2.05) is 37.3 Å². The third-order valence-electron chi connectivity index (χ3n) is 4.05. The average Bonchev–Trinajstić information content (AvgIpc) is 2.70. The number of carbonyl (C=O) groups excluding carboxylic acids is 2. The van der Waals surface area contributed by atoms with Gasteiger partial charge in [-0.15, -0.1) is 0 Å². The lowest BCUT2D eigenvalue weighted by Crippen LogP contribution is -2.47. The lowest BCUT2D eigenvalue weighted by atomic mass is 10.2. The molecule has 0 aliphatic heterocycles. The largest absolute Gasteiger partial charge is 0.272 e. The van der Waals surface area contributed by atoms with Crippen molar-refractivity contribution in [3.63, 3.8) is 0 Å². The number of benzene rings is 2. The molecule has 7 nitrogen and oxygen atoms in total. The standard InChI is InChI=1S/C20H25N3O4S2/c1-16-8-10-18(11-9-16)29(26,27)23(2)14-19(24)21-22-20(25)15-28-13-12-17-6-4-3-5-7-17/h3-11H,12-15H2,1-2H3,(H,21,24)(H,22,25). The van der Waals surface area contributed by atoms with Gasteiger partial charge in [0, 0.05) is 7.05 Å². The molecule has 2 N–H and O–H groups in total. The number of likely N-dealkylation sites (N-methyl/N-ethyl adjacent to an activating group) is 1. The molecule has 0 aliphatic carbocycles. The van der Waals surface area contributed by atoms with Crippen molar-refractivity contribution in [2.75, 3.05) is 25.1 Å². The Morgan fingerprint density at radius 1 is 0.966 bits per heavy atom. The van der Waals surface area contributed by atoms with Gasteiger partial charge in [-0.3, -0.25) is 20.4 Å². The maximum Gasteiger partial charge on any atom is 0.253 e. The third kappa shape index (κ3) is 7.52. The molecule has 0 fully saturated rings. The van der Waals surface area contributed by atoms with Crippen LogP contribution in [0.15, 0.2) is 59.5 Å². The van der Waals surface area contributed by atoms with Crippen LogP contribution in [0.2, 0.25) is 0 Å². The number of hydrazine groups is 1. The highest BCUT2D eigenvalue weighted by Crippen LogP contribution is 2.14. The molecular formula is C20H25N3O4S2. The Bertz CT molecular complexity index is 917. The van der Waals surface area contributed by atoms with Crippen LogP contribution in [0.3, 0.4) is 0 Å². The molecule has 2 aromatic rings. The monoisotopic (exact) mass is 435 g/mol. The zero-order valence-electron chi connectivity index (χ0n) is 16.4. The van der Waals surface area contributed by atoms with Gasteiger partial charge >= 0.3 is 0 Å². The van der Waals surface area contributed by atoms with E-state index >= 15 is 0 Å². The number of aryl methyl sites for hydroxylation is 2. The summed E-state index contributed by atoms with van der Waals surface area (Å²) in [5, 5.41) is 0. The molecule has 0 spiro atoms. The Hall–Kier alpha value is -2.36. The van der Waals surface area contributed by atoms with Gasteiger partial charge in [0.05, 0.1) is 17.2 Å². The van der Waals surface area contributed by atoms with E-state index in [1.54, 1.807) is 12.1 Å². The van der Waals surface area contributed by atoms with Crippen LogP contribution in [0, 0.1) is 6.92 Å². The van der Waals surface area contributed by atoms with Gasteiger partial charge in [-0.1, -0.05) is 48.0 Å². The molecule has 0 saturated carbocycles. The highest BCUT2D eigenvalue weighted by molar-refractivity contribution is 7.99. The van der Waals surface area contributed by atoms with Crippen LogP contribution in [-0.2, 0) is 26.0 Å². The van der Waals surface area contributed by atoms with Crippen LogP contribution in [0.1, 0.15) is 11.1 Å². The predicted molar refractivity (Wildman–Crippen MR) is 115 cm³/mol. The van der Waals surface area contributed by atoms with Crippen LogP contribution in [0.4, 0.5) is 0 Å². The highest BCUT2D eigenvalue weighted by Gasteiger charge is 2.22. The summed E-state index contributed by atoms with van der Waals surface area (Å²) in [5.41, 5.74) is 6.69. The summed E-state index contributed by atoms with van der Waals surface area (Å²) in [6, 6.07) is 16.3. The number of hydrogen-bond acceptors (Lipinski definition) is 5. The zero-order valence-corrected chi connectivity index (χ0v) is 18.1. The third-order valence-corrected chi connectivity index (χ3v) is 6.82. The molecule has 0 radical (unpaired) electrons. The number of nitrogens with one attached hydrogen (secondary N) is 2. The van der Waals surface area contributed by atoms with Gasteiger partial charge in [-0.05, 0) is 36.8 Å². The fourth-order valence-corrected chi connectivity index (χ4v) is 4.30. The minimum atomic E-state index is -3.78. The smallest absolute Gasteiger partial charge is 0.253 e. The van der Waals surface area contributed by atoms with E-state index in [0.717, 1.165) is 22.0 Å². The van der Waals surface area contributed by atoms with Crippen LogP contribution in [0.5, 0.6) is 0 Å². The Morgan fingerprint density at radius 2 is 1.59 bits per heavy atom. The summed E-state index contributed by atoms with van der Waals surface area (Å²) in [4.78, 5) is 23.9. The Labute approximate surface area is 175 Å². The summed E-state index contributed by atoms with van der Waals surface area (Å²) >= 11 is 1.45. The molecule has 0 atom stereocenters. The van der Waals surface area contributed by atoms with E-state index in [-0.39, 0.29) is 16.6 Å². The molecule has 0 aromatic heterocycles. The first kappa shape index (κ1) is 22.9. The van der Waals surface area contributed by atoms with Crippen LogP contribution >= 0.6 is 11.8 Å². The second-order valence-corrected chi connectivity index (χ2v) is 9.61. The first-order valence-electron chi connectivity index (χ1n) is 9.01. The molecule has 9 heteroatoms. The van der Waals surface area contributed by atoms with E-state index in [4.69, 9.17) is 0 Å². The van der Waals surface area contributed by atoms with Gasteiger partial charge in [0.1, 0.15) is 0 Å². The maximum absolute atomic E-state index is 12.5. The van der Waals surface area contributed by atoms with Crippen molar-refractivity contribution in [1.82, 2.24) is 15.2 Å². The van der Waals surface area contributed by atoms with Gasteiger partial charge in [0.25, 0.3) is 5.91 Å². The number of rotatable bonds is 9. The van der Waals surface area contributed by atoms with Crippen molar-refractivity contribution in [3.05, 3.63) is 65.7 Å². The Morgan fingerprint density at radius 3 is 2.24 bits per heavy atom. The number of nitrogens with zero attached hydrogens (tertiary/aromatic N) is 1. The van der Waals surface area contributed by atoms with Crippen molar-refractivity contribution in [3.8, 4) is 0 Å². The SMILES string of the molecule is Cc1ccc(S(=O)(=O)N(C)CC(=O)NNC(=O)CSCCc2ccccc2)cc1. The summed E-state index contributed by atoms with van der Waals surface area (Å²) in [7, 11) is -2.46. The van der Waals surface area contributed by atoms with Crippen LogP contribution < -0.4 is 10.9 Å². The summed E-state index contributed by atoms with van der Waals surface area (Å²) in [6.07, 6.45) is 0.854. The number of sulfonamides is 1. The van der Waals surface area contributed by atoms with Crippen LogP contribution in [0.25, 0.3) is 0 Å². The Kier molecular flexibility index (Phi) is 8.69. The van der Waals surface area contributed by atoms with E-state index in [2.05, 4.69) is 10.9 Å². The van der Waals surface area contributed by atoms with Crippen LogP contribution in [-0.4, -0.2) is 49.6 Å². The fourth-order valence-electron chi connectivity index (χ4n) is 2.39. The van der Waals surface area contributed by atoms with Crippen molar-refractivity contribution >= 4 is 33.6 Å². The molecule has 0 saturated heterocycles. The molecule has 2 amide bonds. The topological polar surface area (TPSA) is 95.6 Å². The van der Waals surface area contributed by atoms with Gasteiger partial charge in [-0.25, -0.2) is 8.42 Å². The normalized spacial score (nSPS) is 11.3. The quantitative estimate of drug-likeness (QED) is 0.462. The summed E-state index contributed by atoms with van der Waals surface area (Å²) < 4.78 is 25.9. The van der Waals surface area contributed by atoms with Gasteiger partial charge in [-0.2, -0.15) is 16.1 Å². The predicted octanol–water partition coefficient (Wildman–Crippen LogP) is 1.74. The van der Waals surface area contributed by atoms with Crippen molar-refractivity contribution < 1.29 is 18.0 Å². The van der Waals surface area contributed by atoms with Crippen molar-refractivity contribution in [2.45, 2.75) is 18.2 Å². The summed E-state index contributed by atoms with van der Waals surface area (Å²) in [6.45, 7) is 1.45. The molecule has 0 unspecified atom stereocenters. The molecule has 29 heavy (non-hydrogen) atoms. The second kappa shape index (κ2) is 11.0. The molecule has 0 aliphatic rings. The zero-order chi connectivity index (χ0) is 21.3. The highest BCUT2D eigenvalue weighted by atomic mass is 32.2. The van der Waals surface area contributed by atoms with Gasteiger partial charge in [0.15, 0.2) is 0 Å². The number of hydrogen-bond donors (Lipinski definition) is 2. The van der Waals surface area contributed by atoms with Crippen molar-refractivity contribution in [1.29, 1.82) is 0 Å². The fraction of sp³-hybridized carbons (Fsp3) is 0.300. The first-order valence-corrected chi connectivity index (χ1v) is 11.6. The Balaban J connectivity index is 1.70. The minimum absolute atomic E-state index is 0.109.